The van der Waals surface area contributed by atoms with Crippen molar-refractivity contribution in [3.63, 3.8) is 0 Å². The van der Waals surface area contributed by atoms with Gasteiger partial charge in [0.15, 0.2) is 5.76 Å². The van der Waals surface area contributed by atoms with Crippen LogP contribution in [0.5, 0.6) is 0 Å². The normalized spacial score (nSPS) is 14.1. The minimum atomic E-state index is -0.283. The molecule has 1 fully saturated rings. The van der Waals surface area contributed by atoms with Gasteiger partial charge >= 0.3 is 0 Å². The second kappa shape index (κ2) is 8.51. The Morgan fingerprint density at radius 2 is 1.71 bits per heavy atom. The third-order valence-electron chi connectivity index (χ3n) is 4.52. The van der Waals surface area contributed by atoms with Crippen LogP contribution in [0.3, 0.4) is 0 Å². The Morgan fingerprint density at radius 3 is 2.43 bits per heavy atom. The van der Waals surface area contributed by atoms with E-state index in [0.717, 1.165) is 46.5 Å². The predicted molar refractivity (Wildman–Crippen MR) is 117 cm³/mol. The molecule has 2 aromatic carbocycles. The van der Waals surface area contributed by atoms with E-state index in [0.29, 0.717) is 11.4 Å². The number of benzene rings is 2. The molecule has 0 atom stereocenters. The number of morpholine rings is 1. The first-order chi connectivity index (χ1) is 13.6. The SMILES string of the molecule is O=C(Nc1ccc(N2CCOCC2)c(Br)c1)c1ccc(-c2ccc(Br)cc2)o1. The number of hydrogen-bond acceptors (Lipinski definition) is 4. The highest BCUT2D eigenvalue weighted by Crippen LogP contribution is 2.30. The van der Waals surface area contributed by atoms with E-state index < -0.39 is 0 Å². The average molecular weight is 506 g/mol. The largest absolute Gasteiger partial charge is 0.451 e. The van der Waals surface area contributed by atoms with Crippen LogP contribution in [-0.4, -0.2) is 32.2 Å². The van der Waals surface area contributed by atoms with Gasteiger partial charge in [-0.15, -0.1) is 0 Å². The number of carbonyl (C=O) groups excluding carboxylic acids is 1. The van der Waals surface area contributed by atoms with E-state index >= 15 is 0 Å². The quantitative estimate of drug-likeness (QED) is 0.504. The van der Waals surface area contributed by atoms with Gasteiger partial charge < -0.3 is 19.4 Å². The molecule has 1 saturated heterocycles. The van der Waals surface area contributed by atoms with Crippen molar-refractivity contribution >= 4 is 49.1 Å². The Morgan fingerprint density at radius 1 is 0.964 bits per heavy atom. The van der Waals surface area contributed by atoms with Gasteiger partial charge in [0.2, 0.25) is 0 Å². The van der Waals surface area contributed by atoms with Gasteiger partial charge in [0.25, 0.3) is 5.91 Å². The number of nitrogens with zero attached hydrogens (tertiary/aromatic N) is 1. The zero-order valence-corrected chi connectivity index (χ0v) is 18.1. The molecule has 4 rings (SSSR count). The maximum absolute atomic E-state index is 12.6. The van der Waals surface area contributed by atoms with Crippen LogP contribution in [-0.2, 0) is 4.74 Å². The standard InChI is InChI=1S/C21H18Br2N2O3/c22-15-3-1-14(2-4-15)19-7-8-20(28-19)21(26)24-16-5-6-18(17(23)13-16)25-9-11-27-12-10-25/h1-8,13H,9-12H2,(H,24,26). The van der Waals surface area contributed by atoms with E-state index in [4.69, 9.17) is 9.15 Å². The molecule has 0 radical (unpaired) electrons. The predicted octanol–water partition coefficient (Wildman–Crippen LogP) is 5.56. The fraction of sp³-hybridized carbons (Fsp3) is 0.190. The van der Waals surface area contributed by atoms with Gasteiger partial charge in [0.1, 0.15) is 5.76 Å². The highest BCUT2D eigenvalue weighted by molar-refractivity contribution is 9.10. The van der Waals surface area contributed by atoms with Crippen LogP contribution in [0.4, 0.5) is 11.4 Å². The number of hydrogen-bond donors (Lipinski definition) is 1. The highest BCUT2D eigenvalue weighted by atomic mass is 79.9. The van der Waals surface area contributed by atoms with E-state index in [1.165, 1.54) is 0 Å². The number of rotatable bonds is 4. The smallest absolute Gasteiger partial charge is 0.291 e. The Bertz CT molecular complexity index is 980. The molecule has 0 spiro atoms. The van der Waals surface area contributed by atoms with E-state index in [-0.39, 0.29) is 11.7 Å². The van der Waals surface area contributed by atoms with Crippen LogP contribution in [0, 0.1) is 0 Å². The Balaban J connectivity index is 1.46. The zero-order chi connectivity index (χ0) is 19.5. The van der Waals surface area contributed by atoms with Gasteiger partial charge in [-0.05, 0) is 58.4 Å². The van der Waals surface area contributed by atoms with E-state index in [2.05, 4.69) is 42.1 Å². The molecule has 0 unspecified atom stereocenters. The van der Waals surface area contributed by atoms with Gasteiger partial charge in [-0.1, -0.05) is 28.1 Å². The summed E-state index contributed by atoms with van der Waals surface area (Å²) in [5, 5.41) is 2.89. The van der Waals surface area contributed by atoms with Crippen LogP contribution in [0.25, 0.3) is 11.3 Å². The number of anilines is 2. The lowest BCUT2D eigenvalue weighted by atomic mass is 10.2. The molecule has 7 heteroatoms. The minimum absolute atomic E-state index is 0.270. The average Bonchev–Trinajstić information content (AvgIpc) is 3.20. The Kier molecular flexibility index (Phi) is 5.85. The molecule has 0 aliphatic carbocycles. The lowest BCUT2D eigenvalue weighted by Crippen LogP contribution is -2.36. The molecule has 0 bridgehead atoms. The molecule has 1 aliphatic heterocycles. The third kappa shape index (κ3) is 4.32. The van der Waals surface area contributed by atoms with Gasteiger partial charge in [0.05, 0.1) is 18.9 Å². The summed E-state index contributed by atoms with van der Waals surface area (Å²) in [6.07, 6.45) is 0. The van der Waals surface area contributed by atoms with Crippen molar-refractivity contribution in [1.82, 2.24) is 0 Å². The molecule has 3 aromatic rings. The molecule has 1 amide bonds. The van der Waals surface area contributed by atoms with Gasteiger partial charge in [-0.3, -0.25) is 4.79 Å². The molecular formula is C21H18Br2N2O3. The van der Waals surface area contributed by atoms with Crippen LogP contribution in [0.1, 0.15) is 10.6 Å². The summed E-state index contributed by atoms with van der Waals surface area (Å²) < 4.78 is 13.1. The van der Waals surface area contributed by atoms with Crippen molar-refractivity contribution in [2.75, 3.05) is 36.5 Å². The van der Waals surface area contributed by atoms with Crippen LogP contribution < -0.4 is 10.2 Å². The molecule has 1 aliphatic rings. The topological polar surface area (TPSA) is 54.7 Å². The Labute approximate surface area is 179 Å². The molecule has 144 valence electrons. The zero-order valence-electron chi connectivity index (χ0n) is 15.0. The number of halogens is 2. The lowest BCUT2D eigenvalue weighted by Gasteiger charge is -2.29. The second-order valence-corrected chi connectivity index (χ2v) is 8.16. The van der Waals surface area contributed by atoms with Crippen LogP contribution in [0.15, 0.2) is 68.0 Å². The van der Waals surface area contributed by atoms with Gasteiger partial charge in [-0.2, -0.15) is 0 Å². The minimum Gasteiger partial charge on any atom is -0.451 e. The maximum atomic E-state index is 12.6. The lowest BCUT2D eigenvalue weighted by molar-refractivity contribution is 0.0997. The molecule has 5 nitrogen and oxygen atoms in total. The maximum Gasteiger partial charge on any atom is 0.291 e. The van der Waals surface area contributed by atoms with E-state index in [9.17, 15) is 4.79 Å². The third-order valence-corrected chi connectivity index (χ3v) is 5.68. The fourth-order valence-electron chi connectivity index (χ4n) is 3.07. The van der Waals surface area contributed by atoms with Crippen LogP contribution >= 0.6 is 31.9 Å². The first-order valence-electron chi connectivity index (χ1n) is 8.89. The van der Waals surface area contributed by atoms with Crippen molar-refractivity contribution < 1.29 is 13.9 Å². The number of carbonyl (C=O) groups is 1. The van der Waals surface area contributed by atoms with Crippen LogP contribution in [0.2, 0.25) is 0 Å². The molecular weight excluding hydrogens is 488 g/mol. The highest BCUT2D eigenvalue weighted by Gasteiger charge is 2.16. The number of ether oxygens (including phenoxy) is 1. The molecule has 28 heavy (non-hydrogen) atoms. The Hall–Kier alpha value is -2.09. The fourth-order valence-corrected chi connectivity index (χ4v) is 3.96. The monoisotopic (exact) mass is 504 g/mol. The summed E-state index contributed by atoms with van der Waals surface area (Å²) in [4.78, 5) is 14.8. The molecule has 1 N–H and O–H groups in total. The van der Waals surface area contributed by atoms with Gasteiger partial charge in [-0.25, -0.2) is 0 Å². The molecule has 1 aromatic heterocycles. The van der Waals surface area contributed by atoms with Crippen molar-refractivity contribution in [3.05, 3.63) is 69.3 Å². The molecule has 2 heterocycles. The summed E-state index contributed by atoms with van der Waals surface area (Å²) in [5.74, 6) is 0.641. The van der Waals surface area contributed by atoms with Gasteiger partial charge in [0, 0.05) is 33.3 Å². The van der Waals surface area contributed by atoms with Crippen molar-refractivity contribution in [2.24, 2.45) is 0 Å². The summed E-state index contributed by atoms with van der Waals surface area (Å²) in [5.41, 5.74) is 2.71. The van der Waals surface area contributed by atoms with Crippen molar-refractivity contribution in [3.8, 4) is 11.3 Å². The number of nitrogens with one attached hydrogen (secondary N) is 1. The van der Waals surface area contributed by atoms with E-state index in [1.807, 2.05) is 42.5 Å². The molecule has 0 saturated carbocycles. The number of furan rings is 1. The number of amides is 1. The summed E-state index contributed by atoms with van der Waals surface area (Å²) in [7, 11) is 0. The summed E-state index contributed by atoms with van der Waals surface area (Å²) in [6.45, 7) is 3.17. The first kappa shape index (κ1) is 19.2. The summed E-state index contributed by atoms with van der Waals surface area (Å²) in [6, 6.07) is 17.0. The van der Waals surface area contributed by atoms with Crippen molar-refractivity contribution in [1.29, 1.82) is 0 Å². The first-order valence-corrected chi connectivity index (χ1v) is 10.5. The summed E-state index contributed by atoms with van der Waals surface area (Å²) >= 11 is 7.02. The second-order valence-electron chi connectivity index (χ2n) is 6.39. The van der Waals surface area contributed by atoms with Crippen molar-refractivity contribution in [2.45, 2.75) is 0 Å². The van der Waals surface area contributed by atoms with E-state index in [1.54, 1.807) is 12.1 Å².